The van der Waals surface area contributed by atoms with Gasteiger partial charge in [0.05, 0.1) is 23.1 Å². The van der Waals surface area contributed by atoms with E-state index >= 15 is 0 Å². The Morgan fingerprint density at radius 3 is 2.62 bits per heavy atom. The molecule has 9 heteroatoms. The summed E-state index contributed by atoms with van der Waals surface area (Å²) in [6.45, 7) is 3.52. The van der Waals surface area contributed by atoms with Gasteiger partial charge in [0.15, 0.2) is 11.5 Å². The van der Waals surface area contributed by atoms with Gasteiger partial charge in [0.2, 0.25) is 5.91 Å². The number of imide groups is 1. The van der Waals surface area contributed by atoms with Crippen LogP contribution < -0.4 is 9.47 Å². The minimum atomic E-state index is -0.450. The van der Waals surface area contributed by atoms with E-state index in [1.165, 1.54) is 7.11 Å². The van der Waals surface area contributed by atoms with Crippen molar-refractivity contribution in [2.75, 3.05) is 33.4 Å². The van der Waals surface area contributed by atoms with E-state index < -0.39 is 11.1 Å². The number of halogens is 1. The maximum absolute atomic E-state index is 12.7. The predicted molar refractivity (Wildman–Crippen MR) is 115 cm³/mol. The minimum absolute atomic E-state index is 0.182. The van der Waals surface area contributed by atoms with E-state index in [0.717, 1.165) is 35.9 Å². The molecular weight excluding hydrogens is 460 g/mol. The molecule has 156 valence electrons. The molecule has 0 aliphatic carbocycles. The van der Waals surface area contributed by atoms with Gasteiger partial charge in [-0.15, -0.1) is 0 Å². The van der Waals surface area contributed by atoms with E-state index in [9.17, 15) is 14.4 Å². The molecule has 3 amide bonds. The number of methoxy groups -OCH3 is 1. The number of hydrogen-bond acceptors (Lipinski definition) is 6. The number of benzene rings is 1. The van der Waals surface area contributed by atoms with Crippen LogP contribution in [0.3, 0.4) is 0 Å². The first-order valence-corrected chi connectivity index (χ1v) is 11.1. The van der Waals surface area contributed by atoms with Crippen LogP contribution in [0.15, 0.2) is 21.5 Å². The number of piperidine rings is 1. The molecule has 2 saturated heterocycles. The van der Waals surface area contributed by atoms with Gasteiger partial charge >= 0.3 is 0 Å². The third-order valence-electron chi connectivity index (χ3n) is 4.71. The summed E-state index contributed by atoms with van der Waals surface area (Å²) < 4.78 is 11.6. The maximum Gasteiger partial charge on any atom is 0.294 e. The van der Waals surface area contributed by atoms with Crippen molar-refractivity contribution in [2.24, 2.45) is 0 Å². The van der Waals surface area contributed by atoms with Gasteiger partial charge in [-0.25, -0.2) is 0 Å². The van der Waals surface area contributed by atoms with Crippen LogP contribution in [-0.2, 0) is 9.59 Å². The number of nitrogens with zero attached hydrogens (tertiary/aromatic N) is 2. The van der Waals surface area contributed by atoms with Gasteiger partial charge in [-0.05, 0) is 77.7 Å². The zero-order valence-corrected chi connectivity index (χ0v) is 18.8. The van der Waals surface area contributed by atoms with Crippen LogP contribution >= 0.6 is 27.7 Å². The van der Waals surface area contributed by atoms with Crippen molar-refractivity contribution in [2.45, 2.75) is 26.2 Å². The first-order chi connectivity index (χ1) is 13.9. The summed E-state index contributed by atoms with van der Waals surface area (Å²) in [6.07, 6.45) is 4.65. The predicted octanol–water partition coefficient (Wildman–Crippen LogP) is 3.91. The molecule has 2 aliphatic rings. The Balaban J connectivity index is 1.77. The second kappa shape index (κ2) is 9.67. The van der Waals surface area contributed by atoms with Gasteiger partial charge in [0.25, 0.3) is 11.1 Å². The Labute approximate surface area is 182 Å². The lowest BCUT2D eigenvalue weighted by Gasteiger charge is -2.27. The zero-order chi connectivity index (χ0) is 21.0. The van der Waals surface area contributed by atoms with Crippen molar-refractivity contribution in [3.8, 4) is 11.5 Å². The highest BCUT2D eigenvalue weighted by Crippen LogP contribution is 2.39. The Hall–Kier alpha value is -2.00. The van der Waals surface area contributed by atoms with Crippen LogP contribution in [0.4, 0.5) is 4.79 Å². The molecule has 0 spiro atoms. The first kappa shape index (κ1) is 21.7. The van der Waals surface area contributed by atoms with Crippen molar-refractivity contribution in [1.29, 1.82) is 0 Å². The topological polar surface area (TPSA) is 76.2 Å². The smallest absolute Gasteiger partial charge is 0.294 e. The minimum Gasteiger partial charge on any atom is -0.493 e. The fourth-order valence-electron chi connectivity index (χ4n) is 3.27. The number of carbonyl (C=O) groups is 3. The molecule has 0 aromatic heterocycles. The number of ether oxygens (including phenoxy) is 2. The van der Waals surface area contributed by atoms with Crippen LogP contribution in [0.1, 0.15) is 31.7 Å². The van der Waals surface area contributed by atoms with E-state index in [-0.39, 0.29) is 17.4 Å². The van der Waals surface area contributed by atoms with Crippen LogP contribution in [0, 0.1) is 0 Å². The molecule has 1 aromatic carbocycles. The number of amides is 3. The van der Waals surface area contributed by atoms with Gasteiger partial charge in [-0.2, -0.15) is 0 Å². The van der Waals surface area contributed by atoms with Crippen LogP contribution in [0.5, 0.6) is 11.5 Å². The molecule has 0 radical (unpaired) electrons. The Bertz CT molecular complexity index is 852. The highest BCUT2D eigenvalue weighted by molar-refractivity contribution is 9.10. The van der Waals surface area contributed by atoms with Crippen LogP contribution in [-0.4, -0.2) is 60.2 Å². The molecule has 29 heavy (non-hydrogen) atoms. The van der Waals surface area contributed by atoms with E-state index in [1.807, 2.05) is 6.92 Å². The summed E-state index contributed by atoms with van der Waals surface area (Å²) >= 11 is 4.29. The molecule has 0 N–H and O–H groups in total. The average Bonchev–Trinajstić information content (AvgIpc) is 2.97. The largest absolute Gasteiger partial charge is 0.493 e. The third-order valence-corrected chi connectivity index (χ3v) is 6.21. The normalized spacial score (nSPS) is 18.5. The summed E-state index contributed by atoms with van der Waals surface area (Å²) in [5, 5.41) is -0.427. The lowest BCUT2D eigenvalue weighted by molar-refractivity contribution is -0.136. The Kier molecular flexibility index (Phi) is 7.23. The lowest BCUT2D eigenvalue weighted by atomic mass is 10.1. The second-order valence-corrected chi connectivity index (χ2v) is 8.52. The summed E-state index contributed by atoms with van der Waals surface area (Å²) in [7, 11) is 1.54. The highest BCUT2D eigenvalue weighted by atomic mass is 79.9. The Morgan fingerprint density at radius 2 is 1.97 bits per heavy atom. The van der Waals surface area contributed by atoms with Gasteiger partial charge < -0.3 is 14.4 Å². The van der Waals surface area contributed by atoms with Crippen molar-refractivity contribution in [3.05, 3.63) is 27.1 Å². The quantitative estimate of drug-likeness (QED) is 0.572. The summed E-state index contributed by atoms with van der Waals surface area (Å²) in [5.41, 5.74) is 0.685. The number of thioether (sulfide) groups is 1. The molecule has 2 aliphatic heterocycles. The summed E-state index contributed by atoms with van der Waals surface area (Å²) in [4.78, 5) is 40.5. The van der Waals surface area contributed by atoms with Crippen molar-refractivity contribution >= 4 is 50.8 Å². The molecule has 3 rings (SSSR count). The SMILES string of the molecule is CCOc1c(Br)cc(/C=C2\SC(=O)N(CC(=O)N3CCCCC3)C2=O)cc1OC. The molecule has 1 aromatic rings. The first-order valence-electron chi connectivity index (χ1n) is 9.48. The summed E-state index contributed by atoms with van der Waals surface area (Å²) in [6, 6.07) is 3.53. The van der Waals surface area contributed by atoms with Crippen LogP contribution in [0.25, 0.3) is 6.08 Å². The van der Waals surface area contributed by atoms with Gasteiger partial charge in [-0.3, -0.25) is 19.3 Å². The number of likely N-dealkylation sites (tertiary alicyclic amines) is 1. The fraction of sp³-hybridized carbons (Fsp3) is 0.450. The van der Waals surface area contributed by atoms with Gasteiger partial charge in [0, 0.05) is 13.1 Å². The molecule has 2 heterocycles. The second-order valence-electron chi connectivity index (χ2n) is 6.68. The maximum atomic E-state index is 12.7. The highest BCUT2D eigenvalue weighted by Gasteiger charge is 2.37. The Morgan fingerprint density at radius 1 is 1.24 bits per heavy atom. The zero-order valence-electron chi connectivity index (χ0n) is 16.4. The van der Waals surface area contributed by atoms with Crippen molar-refractivity contribution in [1.82, 2.24) is 9.80 Å². The molecule has 0 unspecified atom stereocenters. The van der Waals surface area contributed by atoms with E-state index in [1.54, 1.807) is 23.1 Å². The molecule has 2 fully saturated rings. The monoisotopic (exact) mass is 482 g/mol. The van der Waals surface area contributed by atoms with Crippen molar-refractivity contribution in [3.63, 3.8) is 0 Å². The average molecular weight is 483 g/mol. The fourth-order valence-corrected chi connectivity index (χ4v) is 4.69. The molecule has 7 nitrogen and oxygen atoms in total. The van der Waals surface area contributed by atoms with Gasteiger partial charge in [0.1, 0.15) is 6.54 Å². The van der Waals surface area contributed by atoms with E-state index in [2.05, 4.69) is 15.9 Å². The van der Waals surface area contributed by atoms with E-state index in [0.29, 0.717) is 41.2 Å². The molecule has 0 bridgehead atoms. The summed E-state index contributed by atoms with van der Waals surface area (Å²) in [5.74, 6) is 0.465. The number of carbonyl (C=O) groups excluding carboxylic acids is 3. The standard InChI is InChI=1S/C20H23BrN2O5S/c1-3-28-18-14(21)9-13(10-15(18)27-2)11-16-19(25)23(20(26)29-16)12-17(24)22-7-5-4-6-8-22/h9-11H,3-8,12H2,1-2H3/b16-11-. The molecular formula is C20H23BrN2O5S. The number of rotatable bonds is 6. The van der Waals surface area contributed by atoms with Gasteiger partial charge in [-0.1, -0.05) is 0 Å². The van der Waals surface area contributed by atoms with Crippen LogP contribution in [0.2, 0.25) is 0 Å². The molecule has 0 atom stereocenters. The van der Waals surface area contributed by atoms with Crippen molar-refractivity contribution < 1.29 is 23.9 Å². The molecule has 0 saturated carbocycles. The lowest BCUT2D eigenvalue weighted by Crippen LogP contribution is -2.44. The third kappa shape index (κ3) is 4.95. The van der Waals surface area contributed by atoms with E-state index in [4.69, 9.17) is 9.47 Å². The number of hydrogen-bond donors (Lipinski definition) is 0.